The minimum absolute atomic E-state index is 0.244. The fourth-order valence-corrected chi connectivity index (χ4v) is 4.28. The van der Waals surface area contributed by atoms with Gasteiger partial charge in [-0.15, -0.1) is 0 Å². The Morgan fingerprint density at radius 3 is 2.94 bits per heavy atom. The van der Waals surface area contributed by atoms with Crippen molar-refractivity contribution >= 4 is 21.3 Å². The topological polar surface area (TPSA) is 90.3 Å². The highest BCUT2D eigenvalue weighted by atomic mass is 32.2. The van der Waals surface area contributed by atoms with Gasteiger partial charge in [-0.1, -0.05) is 6.42 Å². The van der Waals surface area contributed by atoms with Gasteiger partial charge in [0.15, 0.2) is 15.5 Å². The lowest BCUT2D eigenvalue weighted by Gasteiger charge is -2.20. The van der Waals surface area contributed by atoms with Gasteiger partial charge < -0.3 is 5.73 Å². The molecule has 2 aromatic rings. The molecule has 3 rings (SSSR count). The second kappa shape index (κ2) is 3.94. The van der Waals surface area contributed by atoms with Crippen molar-refractivity contribution < 1.29 is 8.42 Å². The number of aromatic nitrogens is 3. The maximum absolute atomic E-state index is 12.0. The lowest BCUT2D eigenvalue weighted by atomic mass is 10.1. The Balaban J connectivity index is 2.12. The zero-order valence-electron chi connectivity index (χ0n) is 9.78. The molecule has 1 atom stereocenters. The number of sulfone groups is 1. The molecule has 0 aromatic carbocycles. The van der Waals surface area contributed by atoms with Crippen molar-refractivity contribution in [2.24, 2.45) is 0 Å². The largest absolute Gasteiger partial charge is 0.384 e. The number of rotatable bonds is 1. The highest BCUT2D eigenvalue weighted by molar-refractivity contribution is 7.91. The van der Waals surface area contributed by atoms with Crippen LogP contribution in [0.2, 0.25) is 0 Å². The minimum atomic E-state index is -3.08. The molecular formula is C11H14N4O2S. The first-order chi connectivity index (χ1) is 8.58. The van der Waals surface area contributed by atoms with Crippen molar-refractivity contribution in [3.05, 3.63) is 24.0 Å². The van der Waals surface area contributed by atoms with Gasteiger partial charge in [-0.05, 0) is 18.9 Å². The van der Waals surface area contributed by atoms with Gasteiger partial charge in [0, 0.05) is 12.3 Å². The number of nitrogens with two attached hydrogens (primary N) is 1. The van der Waals surface area contributed by atoms with Crippen LogP contribution in [0.5, 0.6) is 0 Å². The first-order valence-electron chi connectivity index (χ1n) is 5.90. The summed E-state index contributed by atoms with van der Waals surface area (Å²) in [4.78, 5) is 4.13. The van der Waals surface area contributed by atoms with E-state index >= 15 is 0 Å². The molecule has 0 spiro atoms. The van der Waals surface area contributed by atoms with Crippen LogP contribution in [0.3, 0.4) is 0 Å². The van der Waals surface area contributed by atoms with Gasteiger partial charge in [-0.3, -0.25) is 0 Å². The van der Waals surface area contributed by atoms with Crippen molar-refractivity contribution in [1.29, 1.82) is 0 Å². The molecule has 1 aliphatic rings. The fraction of sp³-hybridized carbons (Fsp3) is 0.455. The third-order valence-corrected chi connectivity index (χ3v) is 5.52. The van der Waals surface area contributed by atoms with Crippen LogP contribution >= 0.6 is 0 Å². The van der Waals surface area contributed by atoms with Crippen molar-refractivity contribution in [3.8, 4) is 0 Å². The van der Waals surface area contributed by atoms with Crippen molar-refractivity contribution in [3.63, 3.8) is 0 Å². The molecule has 7 heteroatoms. The van der Waals surface area contributed by atoms with E-state index in [0.29, 0.717) is 23.6 Å². The second-order valence-electron chi connectivity index (χ2n) is 4.56. The Morgan fingerprint density at radius 2 is 2.22 bits per heavy atom. The molecule has 1 saturated heterocycles. The number of hydrogen-bond donors (Lipinski definition) is 1. The Hall–Kier alpha value is -1.63. The van der Waals surface area contributed by atoms with Crippen molar-refractivity contribution in [1.82, 2.24) is 14.6 Å². The number of anilines is 1. The molecule has 0 bridgehead atoms. The van der Waals surface area contributed by atoms with E-state index < -0.39 is 15.1 Å². The molecule has 0 saturated carbocycles. The normalized spacial score (nSPS) is 23.2. The quantitative estimate of drug-likeness (QED) is 0.830. The summed E-state index contributed by atoms with van der Waals surface area (Å²) in [7, 11) is -3.08. The van der Waals surface area contributed by atoms with E-state index in [9.17, 15) is 8.42 Å². The van der Waals surface area contributed by atoms with Gasteiger partial charge in [0.2, 0.25) is 0 Å². The monoisotopic (exact) mass is 266 g/mol. The van der Waals surface area contributed by atoms with Gasteiger partial charge in [0.1, 0.15) is 11.1 Å². The van der Waals surface area contributed by atoms with Crippen LogP contribution in [0, 0.1) is 0 Å². The van der Waals surface area contributed by atoms with Gasteiger partial charge in [-0.2, -0.15) is 9.61 Å². The fourth-order valence-electron chi connectivity index (χ4n) is 2.38. The minimum Gasteiger partial charge on any atom is -0.384 e. The molecular weight excluding hydrogens is 252 g/mol. The average molecular weight is 266 g/mol. The first-order valence-corrected chi connectivity index (χ1v) is 7.61. The van der Waals surface area contributed by atoms with Gasteiger partial charge in [-0.25, -0.2) is 13.4 Å². The van der Waals surface area contributed by atoms with E-state index in [-0.39, 0.29) is 5.75 Å². The zero-order valence-corrected chi connectivity index (χ0v) is 10.6. The van der Waals surface area contributed by atoms with Gasteiger partial charge >= 0.3 is 0 Å². The summed E-state index contributed by atoms with van der Waals surface area (Å²) in [5.74, 6) is 0.702. The smallest absolute Gasteiger partial charge is 0.158 e. The van der Waals surface area contributed by atoms with Crippen molar-refractivity contribution in [2.75, 3.05) is 11.5 Å². The van der Waals surface area contributed by atoms with Crippen LogP contribution in [-0.4, -0.2) is 28.8 Å². The van der Waals surface area contributed by atoms with Crippen LogP contribution in [0.1, 0.15) is 30.2 Å². The van der Waals surface area contributed by atoms with Crippen LogP contribution in [0.25, 0.3) is 5.65 Å². The molecule has 1 aliphatic heterocycles. The van der Waals surface area contributed by atoms with E-state index in [1.54, 1.807) is 18.3 Å². The van der Waals surface area contributed by atoms with Crippen LogP contribution < -0.4 is 5.73 Å². The predicted molar refractivity (Wildman–Crippen MR) is 67.8 cm³/mol. The molecule has 96 valence electrons. The predicted octanol–water partition coefficient (Wildman–Crippen LogP) is 0.951. The van der Waals surface area contributed by atoms with E-state index in [2.05, 4.69) is 10.1 Å². The lowest BCUT2D eigenvalue weighted by Crippen LogP contribution is -2.22. The summed E-state index contributed by atoms with van der Waals surface area (Å²) in [6.07, 6.45) is 3.88. The number of fused-ring (bicyclic) bond motifs is 1. The number of hydrogen-bond acceptors (Lipinski definition) is 5. The summed E-state index contributed by atoms with van der Waals surface area (Å²) in [5, 5.41) is 3.77. The number of nitrogens with zero attached hydrogens (tertiary/aromatic N) is 3. The van der Waals surface area contributed by atoms with Gasteiger partial charge in [0.25, 0.3) is 0 Å². The third kappa shape index (κ3) is 1.74. The maximum atomic E-state index is 12.0. The first kappa shape index (κ1) is 11.5. The summed E-state index contributed by atoms with van der Waals surface area (Å²) >= 11 is 0. The SMILES string of the molecule is Nc1ccnc2cc(C3CCCCS3(=O)=O)nn12. The third-order valence-electron chi connectivity index (χ3n) is 3.31. The summed E-state index contributed by atoms with van der Waals surface area (Å²) in [5.41, 5.74) is 6.92. The van der Waals surface area contributed by atoms with Gasteiger partial charge in [0.05, 0.1) is 11.4 Å². The molecule has 2 aromatic heterocycles. The Morgan fingerprint density at radius 1 is 1.39 bits per heavy atom. The highest BCUT2D eigenvalue weighted by Crippen LogP contribution is 2.33. The molecule has 6 nitrogen and oxygen atoms in total. The summed E-state index contributed by atoms with van der Waals surface area (Å²) in [6, 6.07) is 3.35. The van der Waals surface area contributed by atoms with Crippen LogP contribution in [-0.2, 0) is 9.84 Å². The van der Waals surface area contributed by atoms with Crippen molar-refractivity contribution in [2.45, 2.75) is 24.5 Å². The highest BCUT2D eigenvalue weighted by Gasteiger charge is 2.32. The molecule has 18 heavy (non-hydrogen) atoms. The van der Waals surface area contributed by atoms with E-state index in [1.807, 2.05) is 0 Å². The molecule has 2 N–H and O–H groups in total. The summed E-state index contributed by atoms with van der Waals surface area (Å²) in [6.45, 7) is 0. The molecule has 1 fully saturated rings. The van der Waals surface area contributed by atoms with E-state index in [0.717, 1.165) is 12.8 Å². The molecule has 0 radical (unpaired) electrons. The number of nitrogen functional groups attached to an aromatic ring is 1. The van der Waals surface area contributed by atoms with E-state index in [1.165, 1.54) is 4.52 Å². The molecule has 3 heterocycles. The van der Waals surface area contributed by atoms with Crippen LogP contribution in [0.15, 0.2) is 18.3 Å². The van der Waals surface area contributed by atoms with E-state index in [4.69, 9.17) is 5.73 Å². The molecule has 0 amide bonds. The summed E-state index contributed by atoms with van der Waals surface area (Å²) < 4.78 is 25.6. The Bertz CT molecular complexity index is 692. The standard InChI is InChI=1S/C11H14N4O2S/c12-10-4-5-13-11-7-8(14-15(10)11)9-3-1-2-6-18(9,16)17/h4-5,7,9H,1-3,6,12H2. The lowest BCUT2D eigenvalue weighted by molar-refractivity contribution is 0.542. The molecule has 1 unspecified atom stereocenters. The maximum Gasteiger partial charge on any atom is 0.158 e. The Labute approximate surface area is 105 Å². The van der Waals surface area contributed by atoms with Crippen LogP contribution in [0.4, 0.5) is 5.82 Å². The zero-order chi connectivity index (χ0) is 12.8. The second-order valence-corrected chi connectivity index (χ2v) is 6.86. The Kier molecular flexibility index (Phi) is 2.51. The average Bonchev–Trinajstić information content (AvgIpc) is 2.73. The molecule has 0 aliphatic carbocycles.